The molecule has 0 saturated carbocycles. The number of carbonyl (C=O) groups excluding carboxylic acids is 1. The Morgan fingerprint density at radius 3 is 2.44 bits per heavy atom. The number of carbonyl (C=O) groups is 1. The minimum absolute atomic E-state index is 0.0134. The second-order valence-electron chi connectivity index (χ2n) is 5.84. The fraction of sp³-hybridized carbons (Fsp3) is 0.278. The summed E-state index contributed by atoms with van der Waals surface area (Å²) in [7, 11) is -0.700. The number of benzene rings is 2. The summed E-state index contributed by atoms with van der Waals surface area (Å²) in [5.41, 5.74) is 0.653. The summed E-state index contributed by atoms with van der Waals surface area (Å²) < 4.78 is 33.0. The van der Waals surface area contributed by atoms with Crippen LogP contribution in [0.2, 0.25) is 0 Å². The van der Waals surface area contributed by atoms with Gasteiger partial charge in [0.1, 0.15) is 5.75 Å². The smallest absolute Gasteiger partial charge is 0.262 e. The molecule has 0 aliphatic carbocycles. The van der Waals surface area contributed by atoms with Crippen molar-refractivity contribution in [2.45, 2.75) is 24.8 Å². The predicted molar refractivity (Wildman–Crippen MR) is 97.5 cm³/mol. The van der Waals surface area contributed by atoms with Crippen LogP contribution in [0.15, 0.2) is 53.4 Å². The van der Waals surface area contributed by atoms with Crippen molar-refractivity contribution in [1.29, 1.82) is 0 Å². The molecule has 0 atom stereocenters. The lowest BCUT2D eigenvalue weighted by atomic mass is 10.2. The molecule has 1 N–H and O–H groups in total. The van der Waals surface area contributed by atoms with Gasteiger partial charge in [-0.15, -0.1) is 0 Å². The fourth-order valence-corrected chi connectivity index (χ4v) is 3.28. The SMILES string of the molecule is COc1ccccc1NS(=O)(=O)c1cccc(C(=O)N(C)C(C)C)c1. The molecule has 0 radical (unpaired) electrons. The molecule has 0 heterocycles. The number of methoxy groups -OCH3 is 1. The van der Waals surface area contributed by atoms with Gasteiger partial charge in [-0.1, -0.05) is 18.2 Å². The molecule has 6 nitrogen and oxygen atoms in total. The molecular formula is C18H22N2O4S. The molecule has 25 heavy (non-hydrogen) atoms. The molecule has 7 heteroatoms. The normalized spacial score (nSPS) is 11.2. The van der Waals surface area contributed by atoms with E-state index in [0.717, 1.165) is 0 Å². The third-order valence-electron chi connectivity index (χ3n) is 3.84. The summed E-state index contributed by atoms with van der Waals surface area (Å²) in [5, 5.41) is 0. The first kappa shape index (κ1) is 18.8. The molecule has 0 aliphatic heterocycles. The van der Waals surface area contributed by atoms with Gasteiger partial charge in [-0.25, -0.2) is 8.42 Å². The van der Waals surface area contributed by atoms with E-state index in [4.69, 9.17) is 4.74 Å². The van der Waals surface area contributed by atoms with Crippen molar-refractivity contribution in [2.75, 3.05) is 18.9 Å². The van der Waals surface area contributed by atoms with Crippen LogP contribution in [0, 0.1) is 0 Å². The van der Waals surface area contributed by atoms with Gasteiger partial charge in [0.15, 0.2) is 0 Å². The van der Waals surface area contributed by atoms with Gasteiger partial charge < -0.3 is 9.64 Å². The van der Waals surface area contributed by atoms with Crippen LogP contribution in [-0.2, 0) is 10.0 Å². The number of nitrogens with one attached hydrogen (secondary N) is 1. The van der Waals surface area contributed by atoms with Crippen LogP contribution >= 0.6 is 0 Å². The fourth-order valence-electron chi connectivity index (χ4n) is 2.17. The lowest BCUT2D eigenvalue weighted by Crippen LogP contribution is -2.33. The Morgan fingerprint density at radius 1 is 1.12 bits per heavy atom. The maximum atomic E-state index is 12.7. The van der Waals surface area contributed by atoms with Gasteiger partial charge in [0, 0.05) is 18.7 Å². The van der Waals surface area contributed by atoms with Crippen LogP contribution in [0.4, 0.5) is 5.69 Å². The van der Waals surface area contributed by atoms with E-state index in [0.29, 0.717) is 17.0 Å². The largest absolute Gasteiger partial charge is 0.495 e. The molecule has 0 spiro atoms. The molecule has 0 saturated heterocycles. The maximum absolute atomic E-state index is 12.7. The topological polar surface area (TPSA) is 75.7 Å². The highest BCUT2D eigenvalue weighted by atomic mass is 32.2. The molecular weight excluding hydrogens is 340 g/mol. The number of para-hydroxylation sites is 2. The molecule has 2 aromatic carbocycles. The van der Waals surface area contributed by atoms with E-state index < -0.39 is 10.0 Å². The Bertz CT molecular complexity index is 863. The number of hydrogen-bond donors (Lipinski definition) is 1. The van der Waals surface area contributed by atoms with Crippen molar-refractivity contribution in [3.8, 4) is 5.75 Å². The van der Waals surface area contributed by atoms with Crippen molar-refractivity contribution in [3.05, 3.63) is 54.1 Å². The van der Waals surface area contributed by atoms with Gasteiger partial charge in [0.2, 0.25) is 0 Å². The van der Waals surface area contributed by atoms with Gasteiger partial charge in [0.25, 0.3) is 15.9 Å². The maximum Gasteiger partial charge on any atom is 0.262 e. The first-order valence-corrected chi connectivity index (χ1v) is 9.27. The number of ether oxygens (including phenoxy) is 1. The second kappa shape index (κ2) is 7.57. The van der Waals surface area contributed by atoms with E-state index in [1.807, 2.05) is 13.8 Å². The van der Waals surface area contributed by atoms with E-state index in [2.05, 4.69) is 4.72 Å². The first-order chi connectivity index (χ1) is 11.8. The summed E-state index contributed by atoms with van der Waals surface area (Å²) in [5.74, 6) is 0.183. The summed E-state index contributed by atoms with van der Waals surface area (Å²) in [6.45, 7) is 3.78. The van der Waals surface area contributed by atoms with Gasteiger partial charge in [0.05, 0.1) is 17.7 Å². The van der Waals surface area contributed by atoms with E-state index in [1.165, 1.54) is 19.2 Å². The van der Waals surface area contributed by atoms with Crippen molar-refractivity contribution >= 4 is 21.6 Å². The molecule has 2 aromatic rings. The Kier molecular flexibility index (Phi) is 5.69. The number of nitrogens with zero attached hydrogens (tertiary/aromatic N) is 1. The summed E-state index contributed by atoms with van der Waals surface area (Å²) in [4.78, 5) is 14.0. The molecule has 2 rings (SSSR count). The van der Waals surface area contributed by atoms with Crippen LogP contribution in [0.5, 0.6) is 5.75 Å². The lowest BCUT2D eigenvalue weighted by Gasteiger charge is -2.21. The number of sulfonamides is 1. The monoisotopic (exact) mass is 362 g/mol. The van der Waals surface area contributed by atoms with Crippen LogP contribution in [-0.4, -0.2) is 39.4 Å². The van der Waals surface area contributed by atoms with E-state index in [1.54, 1.807) is 48.3 Å². The Balaban J connectivity index is 2.34. The number of hydrogen-bond acceptors (Lipinski definition) is 4. The third-order valence-corrected chi connectivity index (χ3v) is 5.20. The van der Waals surface area contributed by atoms with Crippen molar-refractivity contribution in [1.82, 2.24) is 4.90 Å². The highest BCUT2D eigenvalue weighted by Crippen LogP contribution is 2.26. The van der Waals surface area contributed by atoms with Crippen molar-refractivity contribution < 1.29 is 17.9 Å². The number of rotatable bonds is 6. The predicted octanol–water partition coefficient (Wildman–Crippen LogP) is 2.98. The Morgan fingerprint density at radius 2 is 1.80 bits per heavy atom. The van der Waals surface area contributed by atoms with Gasteiger partial charge in [-0.05, 0) is 44.2 Å². The Hall–Kier alpha value is -2.54. The molecule has 0 bridgehead atoms. The second-order valence-corrected chi connectivity index (χ2v) is 7.53. The van der Waals surface area contributed by atoms with Gasteiger partial charge >= 0.3 is 0 Å². The minimum Gasteiger partial charge on any atom is -0.495 e. The van der Waals surface area contributed by atoms with E-state index in [-0.39, 0.29) is 16.8 Å². The highest BCUT2D eigenvalue weighted by Gasteiger charge is 2.20. The number of anilines is 1. The summed E-state index contributed by atoms with van der Waals surface area (Å²) in [6.07, 6.45) is 0. The van der Waals surface area contributed by atoms with Gasteiger partial charge in [-0.2, -0.15) is 0 Å². The number of amides is 1. The summed E-state index contributed by atoms with van der Waals surface area (Å²) in [6, 6.07) is 12.7. The molecule has 0 unspecified atom stereocenters. The molecule has 134 valence electrons. The zero-order valence-corrected chi connectivity index (χ0v) is 15.5. The van der Waals surface area contributed by atoms with Gasteiger partial charge in [-0.3, -0.25) is 9.52 Å². The molecule has 0 aromatic heterocycles. The van der Waals surface area contributed by atoms with Crippen LogP contribution < -0.4 is 9.46 Å². The molecule has 1 amide bonds. The van der Waals surface area contributed by atoms with Crippen LogP contribution in [0.25, 0.3) is 0 Å². The Labute approximate surface area is 148 Å². The van der Waals surface area contributed by atoms with Crippen molar-refractivity contribution in [3.63, 3.8) is 0 Å². The molecule has 0 fully saturated rings. The molecule has 0 aliphatic rings. The van der Waals surface area contributed by atoms with E-state index >= 15 is 0 Å². The first-order valence-electron chi connectivity index (χ1n) is 7.79. The zero-order valence-electron chi connectivity index (χ0n) is 14.7. The quantitative estimate of drug-likeness (QED) is 0.857. The minimum atomic E-state index is -3.85. The highest BCUT2D eigenvalue weighted by molar-refractivity contribution is 7.92. The average Bonchev–Trinajstić information content (AvgIpc) is 2.60. The summed E-state index contributed by atoms with van der Waals surface area (Å²) >= 11 is 0. The standard InChI is InChI=1S/C18H22N2O4S/c1-13(2)20(3)18(21)14-8-7-9-15(12-14)25(22,23)19-16-10-5-6-11-17(16)24-4/h5-13,19H,1-4H3. The van der Waals surface area contributed by atoms with Crippen molar-refractivity contribution in [2.24, 2.45) is 0 Å². The lowest BCUT2D eigenvalue weighted by molar-refractivity contribution is 0.0754. The average molecular weight is 362 g/mol. The zero-order chi connectivity index (χ0) is 18.6. The third kappa shape index (κ3) is 4.30. The van der Waals surface area contributed by atoms with Crippen LogP contribution in [0.3, 0.4) is 0 Å². The van der Waals surface area contributed by atoms with E-state index in [9.17, 15) is 13.2 Å². The van der Waals surface area contributed by atoms with Crippen LogP contribution in [0.1, 0.15) is 24.2 Å².